The molecule has 1 amide bonds. The number of pyridine rings is 1. The Kier molecular flexibility index (Phi) is 6.18. The number of amides is 1. The van der Waals surface area contributed by atoms with Gasteiger partial charge in [-0.2, -0.15) is 0 Å². The van der Waals surface area contributed by atoms with Crippen LogP contribution in [0.3, 0.4) is 0 Å². The molecule has 22 heavy (non-hydrogen) atoms. The second-order valence-electron chi connectivity index (χ2n) is 4.70. The van der Waals surface area contributed by atoms with Gasteiger partial charge in [-0.1, -0.05) is 23.7 Å². The molecular formula is C16H18ClN3O2. The molecule has 0 aliphatic heterocycles. The van der Waals surface area contributed by atoms with Gasteiger partial charge < -0.3 is 15.4 Å². The zero-order chi connectivity index (χ0) is 15.8. The fourth-order valence-electron chi connectivity index (χ4n) is 1.85. The lowest BCUT2D eigenvalue weighted by Crippen LogP contribution is -2.14. The molecule has 116 valence electrons. The molecule has 2 rings (SSSR count). The van der Waals surface area contributed by atoms with Crippen LogP contribution >= 0.6 is 11.6 Å². The maximum absolute atomic E-state index is 12.0. The van der Waals surface area contributed by atoms with Gasteiger partial charge in [0.1, 0.15) is 5.82 Å². The molecule has 1 heterocycles. The van der Waals surface area contributed by atoms with E-state index in [-0.39, 0.29) is 5.91 Å². The minimum absolute atomic E-state index is 0.0933. The Balaban J connectivity index is 1.84. The number of rotatable bonds is 7. The van der Waals surface area contributed by atoms with Crippen molar-refractivity contribution in [3.8, 4) is 0 Å². The maximum Gasteiger partial charge on any atom is 0.228 e. The summed E-state index contributed by atoms with van der Waals surface area (Å²) in [5.41, 5.74) is 1.57. The van der Waals surface area contributed by atoms with Crippen LogP contribution in [0.4, 0.5) is 11.5 Å². The Morgan fingerprint density at radius 3 is 2.64 bits per heavy atom. The topological polar surface area (TPSA) is 63.2 Å². The summed E-state index contributed by atoms with van der Waals surface area (Å²) in [5, 5.41) is 6.58. The summed E-state index contributed by atoms with van der Waals surface area (Å²) in [5.74, 6) is 0.650. The van der Waals surface area contributed by atoms with Crippen molar-refractivity contribution in [2.45, 2.75) is 6.42 Å². The first-order chi connectivity index (χ1) is 10.7. The number of benzene rings is 1. The highest BCUT2D eigenvalue weighted by Crippen LogP contribution is 2.12. The van der Waals surface area contributed by atoms with Crippen LogP contribution < -0.4 is 10.6 Å². The summed E-state index contributed by atoms with van der Waals surface area (Å²) in [6.45, 7) is 1.30. The van der Waals surface area contributed by atoms with E-state index in [4.69, 9.17) is 16.3 Å². The van der Waals surface area contributed by atoms with Crippen molar-refractivity contribution < 1.29 is 9.53 Å². The van der Waals surface area contributed by atoms with Crippen molar-refractivity contribution >= 4 is 29.0 Å². The first-order valence-electron chi connectivity index (χ1n) is 6.90. The number of aromatic nitrogens is 1. The summed E-state index contributed by atoms with van der Waals surface area (Å²) in [7, 11) is 1.65. The molecule has 5 nitrogen and oxygen atoms in total. The summed E-state index contributed by atoms with van der Waals surface area (Å²) in [6, 6.07) is 10.8. The number of methoxy groups -OCH3 is 1. The van der Waals surface area contributed by atoms with Crippen LogP contribution in [0.5, 0.6) is 0 Å². The zero-order valence-electron chi connectivity index (χ0n) is 12.3. The lowest BCUT2D eigenvalue weighted by Gasteiger charge is -2.07. The van der Waals surface area contributed by atoms with Gasteiger partial charge in [0.15, 0.2) is 0 Å². The quantitative estimate of drug-likeness (QED) is 0.770. The van der Waals surface area contributed by atoms with Gasteiger partial charge >= 0.3 is 0 Å². The molecule has 0 radical (unpaired) electrons. The minimum atomic E-state index is -0.0933. The summed E-state index contributed by atoms with van der Waals surface area (Å²) >= 11 is 5.82. The van der Waals surface area contributed by atoms with Gasteiger partial charge in [0.2, 0.25) is 5.91 Å². The van der Waals surface area contributed by atoms with Gasteiger partial charge in [0.25, 0.3) is 0 Å². The molecule has 0 saturated carbocycles. The number of hydrogen-bond acceptors (Lipinski definition) is 4. The van der Waals surface area contributed by atoms with Crippen molar-refractivity contribution in [2.24, 2.45) is 0 Å². The Hall–Kier alpha value is -2.11. The maximum atomic E-state index is 12.0. The van der Waals surface area contributed by atoms with E-state index in [0.29, 0.717) is 30.3 Å². The summed E-state index contributed by atoms with van der Waals surface area (Å²) in [4.78, 5) is 16.2. The largest absolute Gasteiger partial charge is 0.383 e. The van der Waals surface area contributed by atoms with Crippen LogP contribution in [-0.2, 0) is 16.0 Å². The number of nitrogens with zero attached hydrogens (tertiary/aromatic N) is 1. The average molecular weight is 320 g/mol. The van der Waals surface area contributed by atoms with Crippen LogP contribution in [0.1, 0.15) is 5.56 Å². The Morgan fingerprint density at radius 2 is 2.00 bits per heavy atom. The third-order valence-electron chi connectivity index (χ3n) is 2.94. The first kappa shape index (κ1) is 16.3. The van der Waals surface area contributed by atoms with E-state index in [2.05, 4.69) is 15.6 Å². The van der Waals surface area contributed by atoms with Gasteiger partial charge in [-0.25, -0.2) is 4.98 Å². The molecule has 0 aliphatic carbocycles. The predicted octanol–water partition coefficient (Wildman–Crippen LogP) is 2.97. The third kappa shape index (κ3) is 5.35. The number of halogens is 1. The van der Waals surface area contributed by atoms with Crippen LogP contribution in [0, 0.1) is 0 Å². The van der Waals surface area contributed by atoms with Crippen molar-refractivity contribution in [2.75, 3.05) is 30.9 Å². The van der Waals surface area contributed by atoms with Crippen molar-refractivity contribution in [3.63, 3.8) is 0 Å². The lowest BCUT2D eigenvalue weighted by atomic mass is 10.1. The van der Waals surface area contributed by atoms with E-state index in [1.54, 1.807) is 25.4 Å². The molecule has 0 atom stereocenters. The minimum Gasteiger partial charge on any atom is -0.383 e. The highest BCUT2D eigenvalue weighted by Gasteiger charge is 2.04. The first-order valence-corrected chi connectivity index (χ1v) is 7.28. The van der Waals surface area contributed by atoms with Crippen molar-refractivity contribution in [1.82, 2.24) is 4.98 Å². The van der Waals surface area contributed by atoms with Crippen molar-refractivity contribution in [1.29, 1.82) is 0 Å². The van der Waals surface area contributed by atoms with Crippen LogP contribution in [0.15, 0.2) is 42.6 Å². The van der Waals surface area contributed by atoms with E-state index in [1.807, 2.05) is 24.3 Å². The van der Waals surface area contributed by atoms with Crippen LogP contribution in [0.25, 0.3) is 0 Å². The zero-order valence-corrected chi connectivity index (χ0v) is 13.1. The van der Waals surface area contributed by atoms with Gasteiger partial charge in [-0.15, -0.1) is 0 Å². The molecule has 0 spiro atoms. The number of anilines is 2. The normalized spacial score (nSPS) is 10.3. The third-order valence-corrected chi connectivity index (χ3v) is 3.19. The van der Waals surface area contributed by atoms with E-state index < -0.39 is 0 Å². The van der Waals surface area contributed by atoms with E-state index in [9.17, 15) is 4.79 Å². The number of nitrogens with one attached hydrogen (secondary N) is 2. The standard InChI is InChI=1S/C16H18ClN3O2/c1-22-9-8-18-15-7-6-14(11-19-15)20-16(21)10-12-2-4-13(17)5-3-12/h2-7,11H,8-10H2,1H3,(H,18,19)(H,20,21). The highest BCUT2D eigenvalue weighted by atomic mass is 35.5. The van der Waals surface area contributed by atoms with Gasteiger partial charge in [-0.3, -0.25) is 4.79 Å². The van der Waals surface area contributed by atoms with Crippen LogP contribution in [-0.4, -0.2) is 31.2 Å². The molecule has 2 aromatic rings. The Labute approximate surface area is 134 Å². The van der Waals surface area contributed by atoms with Gasteiger partial charge in [0, 0.05) is 18.7 Å². The summed E-state index contributed by atoms with van der Waals surface area (Å²) < 4.78 is 4.95. The molecule has 6 heteroatoms. The number of hydrogen-bond donors (Lipinski definition) is 2. The molecule has 0 saturated heterocycles. The van der Waals surface area contributed by atoms with Crippen molar-refractivity contribution in [3.05, 3.63) is 53.2 Å². The van der Waals surface area contributed by atoms with Crippen LogP contribution in [0.2, 0.25) is 5.02 Å². The Morgan fingerprint density at radius 1 is 1.23 bits per heavy atom. The van der Waals surface area contributed by atoms with E-state index in [0.717, 1.165) is 11.4 Å². The van der Waals surface area contributed by atoms with E-state index in [1.165, 1.54) is 0 Å². The lowest BCUT2D eigenvalue weighted by molar-refractivity contribution is -0.115. The van der Waals surface area contributed by atoms with Gasteiger partial charge in [-0.05, 0) is 29.8 Å². The molecule has 0 unspecified atom stereocenters. The number of carbonyl (C=O) groups is 1. The fourth-order valence-corrected chi connectivity index (χ4v) is 1.97. The molecule has 0 fully saturated rings. The molecule has 1 aromatic heterocycles. The summed E-state index contributed by atoms with van der Waals surface area (Å²) in [6.07, 6.45) is 1.92. The van der Waals surface area contributed by atoms with Gasteiger partial charge in [0.05, 0.1) is 24.9 Å². The number of ether oxygens (including phenoxy) is 1. The Bertz CT molecular complexity index is 600. The SMILES string of the molecule is COCCNc1ccc(NC(=O)Cc2ccc(Cl)cc2)cn1. The molecule has 0 bridgehead atoms. The molecule has 1 aromatic carbocycles. The molecular weight excluding hydrogens is 302 g/mol. The monoisotopic (exact) mass is 319 g/mol. The molecule has 0 aliphatic rings. The second-order valence-corrected chi connectivity index (χ2v) is 5.14. The predicted molar refractivity (Wildman–Crippen MR) is 88.4 cm³/mol. The smallest absolute Gasteiger partial charge is 0.228 e. The second kappa shape index (κ2) is 8.36. The fraction of sp³-hybridized carbons (Fsp3) is 0.250. The highest BCUT2D eigenvalue weighted by molar-refractivity contribution is 6.30. The molecule has 2 N–H and O–H groups in total. The number of carbonyl (C=O) groups excluding carboxylic acids is 1. The average Bonchev–Trinajstić information content (AvgIpc) is 2.51. The van der Waals surface area contributed by atoms with E-state index >= 15 is 0 Å².